The number of hydrogen-bond acceptors (Lipinski definition) is 1. The van der Waals surface area contributed by atoms with E-state index in [2.05, 4.69) is 34.3 Å². The molecule has 1 N–H and O–H groups in total. The van der Waals surface area contributed by atoms with Crippen molar-refractivity contribution in [1.82, 2.24) is 0 Å². The molecule has 4 fully saturated rings. The van der Waals surface area contributed by atoms with Crippen LogP contribution in [0.5, 0.6) is 0 Å². The van der Waals surface area contributed by atoms with Gasteiger partial charge in [-0.05, 0) is 118 Å². The minimum absolute atomic E-state index is 0.419. The summed E-state index contributed by atoms with van der Waals surface area (Å²) in [5, 5.41) is 10.7. The van der Waals surface area contributed by atoms with Crippen molar-refractivity contribution in [2.45, 2.75) is 97.5 Å². The van der Waals surface area contributed by atoms with Crippen LogP contribution in [0.3, 0.4) is 0 Å². The van der Waals surface area contributed by atoms with E-state index in [1.165, 1.54) is 56.9 Å². The smallest absolute Gasteiger partial charge is 0.0620 e. The van der Waals surface area contributed by atoms with Gasteiger partial charge in [-0.1, -0.05) is 26.0 Å². The molecule has 0 heterocycles. The van der Waals surface area contributed by atoms with Gasteiger partial charge in [-0.3, -0.25) is 0 Å². The fourth-order valence-electron chi connectivity index (χ4n) is 8.36. The SMILES string of the molecule is C=C(C)[C@H]1CC[C@H]2[C@@H]3CC[C@H]4CC[C@](C)(O)CC[C@]4(C)[C@H]3CC[C@]12C. The lowest BCUT2D eigenvalue weighted by Crippen LogP contribution is -2.51. The molecule has 0 unspecified atom stereocenters. The summed E-state index contributed by atoms with van der Waals surface area (Å²) in [6.45, 7) is 13.9. The third-order valence-electron chi connectivity index (χ3n) is 9.89. The van der Waals surface area contributed by atoms with E-state index >= 15 is 0 Å². The third-order valence-corrected chi connectivity index (χ3v) is 9.89. The minimum Gasteiger partial charge on any atom is -0.390 e. The first-order valence-corrected chi connectivity index (χ1v) is 11.1. The Kier molecular flexibility index (Phi) is 4.23. The largest absolute Gasteiger partial charge is 0.390 e. The van der Waals surface area contributed by atoms with E-state index in [0.29, 0.717) is 10.8 Å². The molecule has 0 spiro atoms. The van der Waals surface area contributed by atoms with Crippen molar-refractivity contribution in [3.8, 4) is 0 Å². The molecule has 0 aromatic heterocycles. The van der Waals surface area contributed by atoms with E-state index in [0.717, 1.165) is 42.4 Å². The molecule has 0 bridgehead atoms. The number of rotatable bonds is 1. The van der Waals surface area contributed by atoms with Gasteiger partial charge in [0, 0.05) is 0 Å². The second kappa shape index (κ2) is 5.85. The summed E-state index contributed by atoms with van der Waals surface area (Å²) < 4.78 is 0. The monoisotopic (exact) mass is 344 g/mol. The zero-order valence-corrected chi connectivity index (χ0v) is 17.1. The summed E-state index contributed by atoms with van der Waals surface area (Å²) in [6, 6.07) is 0. The van der Waals surface area contributed by atoms with Crippen molar-refractivity contribution in [2.24, 2.45) is 40.4 Å². The number of hydrogen-bond donors (Lipinski definition) is 1. The van der Waals surface area contributed by atoms with Crippen molar-refractivity contribution in [3.05, 3.63) is 12.2 Å². The zero-order chi connectivity index (χ0) is 18.0. The summed E-state index contributed by atoms with van der Waals surface area (Å²) in [7, 11) is 0. The Morgan fingerprint density at radius 1 is 0.800 bits per heavy atom. The maximum Gasteiger partial charge on any atom is 0.0620 e. The van der Waals surface area contributed by atoms with E-state index in [-0.39, 0.29) is 0 Å². The van der Waals surface area contributed by atoms with Crippen LogP contribution in [0.25, 0.3) is 0 Å². The molecule has 0 aromatic rings. The Hall–Kier alpha value is -0.300. The molecule has 4 saturated carbocycles. The summed E-state index contributed by atoms with van der Waals surface area (Å²) in [5.41, 5.74) is 2.02. The molecule has 25 heavy (non-hydrogen) atoms. The molecule has 4 aliphatic carbocycles. The van der Waals surface area contributed by atoms with Crippen LogP contribution in [0.4, 0.5) is 0 Å². The zero-order valence-electron chi connectivity index (χ0n) is 17.1. The van der Waals surface area contributed by atoms with E-state index in [1.807, 2.05) is 0 Å². The highest BCUT2D eigenvalue weighted by Crippen LogP contribution is 2.68. The van der Waals surface area contributed by atoms with Gasteiger partial charge in [0.25, 0.3) is 0 Å². The molecule has 1 nitrogen and oxygen atoms in total. The highest BCUT2D eigenvalue weighted by molar-refractivity contribution is 5.15. The van der Waals surface area contributed by atoms with Crippen molar-refractivity contribution in [3.63, 3.8) is 0 Å². The molecule has 0 aromatic carbocycles. The van der Waals surface area contributed by atoms with Gasteiger partial charge in [0.05, 0.1) is 5.60 Å². The van der Waals surface area contributed by atoms with Crippen LogP contribution in [0.15, 0.2) is 12.2 Å². The Bertz CT molecular complexity index is 548. The van der Waals surface area contributed by atoms with Crippen molar-refractivity contribution in [1.29, 1.82) is 0 Å². The molecule has 0 saturated heterocycles. The summed E-state index contributed by atoms with van der Waals surface area (Å²) in [5.74, 6) is 4.38. The second-order valence-electron chi connectivity index (χ2n) is 11.2. The van der Waals surface area contributed by atoms with Gasteiger partial charge in [0.15, 0.2) is 0 Å². The highest BCUT2D eigenvalue weighted by Gasteiger charge is 2.59. The predicted molar refractivity (Wildman–Crippen MR) is 105 cm³/mol. The van der Waals surface area contributed by atoms with Gasteiger partial charge in [0.2, 0.25) is 0 Å². The predicted octanol–water partition coefficient (Wildman–Crippen LogP) is 6.36. The fraction of sp³-hybridized carbons (Fsp3) is 0.917. The van der Waals surface area contributed by atoms with Crippen molar-refractivity contribution in [2.75, 3.05) is 0 Å². The van der Waals surface area contributed by atoms with E-state index in [9.17, 15) is 5.11 Å². The van der Waals surface area contributed by atoms with Crippen LogP contribution in [0.2, 0.25) is 0 Å². The molecule has 4 aliphatic rings. The Morgan fingerprint density at radius 3 is 2.24 bits per heavy atom. The Labute approximate surface area is 155 Å². The minimum atomic E-state index is -0.419. The molecule has 1 heteroatoms. The fourth-order valence-corrected chi connectivity index (χ4v) is 8.36. The number of aliphatic hydroxyl groups is 1. The number of allylic oxidation sites excluding steroid dienone is 1. The standard InChI is InChI=1S/C24H40O/c1-16(2)19-8-9-20-18-7-6-17-10-12-22(3,25)14-15-23(17,4)21(18)11-13-24(19,20)5/h17-21,25H,1,6-15H2,2-5H3/t17-,18-,19+,20-,21-,22-,23-,24+/m0/s1. The lowest BCUT2D eigenvalue weighted by atomic mass is 9.46. The molecular weight excluding hydrogens is 304 g/mol. The second-order valence-corrected chi connectivity index (χ2v) is 11.2. The van der Waals surface area contributed by atoms with E-state index < -0.39 is 5.60 Å². The van der Waals surface area contributed by atoms with Crippen LogP contribution < -0.4 is 0 Å². The van der Waals surface area contributed by atoms with Crippen LogP contribution in [0.1, 0.15) is 91.9 Å². The average Bonchev–Trinajstić information content (AvgIpc) is 2.84. The molecular formula is C24H40O. The Balaban J connectivity index is 1.62. The molecule has 0 radical (unpaired) electrons. The van der Waals surface area contributed by atoms with Gasteiger partial charge in [-0.2, -0.15) is 0 Å². The van der Waals surface area contributed by atoms with Crippen LogP contribution >= 0.6 is 0 Å². The normalized spacial score (nSPS) is 55.6. The van der Waals surface area contributed by atoms with E-state index in [4.69, 9.17) is 0 Å². The van der Waals surface area contributed by atoms with Crippen molar-refractivity contribution < 1.29 is 5.11 Å². The molecule has 4 rings (SSSR count). The van der Waals surface area contributed by atoms with Gasteiger partial charge >= 0.3 is 0 Å². The Morgan fingerprint density at radius 2 is 1.52 bits per heavy atom. The van der Waals surface area contributed by atoms with Gasteiger partial charge in [-0.25, -0.2) is 0 Å². The van der Waals surface area contributed by atoms with Gasteiger partial charge < -0.3 is 5.11 Å². The first-order chi connectivity index (χ1) is 11.7. The van der Waals surface area contributed by atoms with E-state index in [1.54, 1.807) is 0 Å². The molecule has 8 atom stereocenters. The maximum absolute atomic E-state index is 10.7. The lowest BCUT2D eigenvalue weighted by Gasteiger charge is -2.59. The molecule has 142 valence electrons. The van der Waals surface area contributed by atoms with Crippen LogP contribution in [-0.2, 0) is 0 Å². The van der Waals surface area contributed by atoms with Crippen LogP contribution in [0, 0.1) is 40.4 Å². The quantitative estimate of drug-likeness (QED) is 0.548. The molecule has 0 amide bonds. The van der Waals surface area contributed by atoms with Gasteiger partial charge in [0.1, 0.15) is 0 Å². The first kappa shape index (κ1) is 18.1. The third kappa shape index (κ3) is 2.67. The van der Waals surface area contributed by atoms with Crippen LogP contribution in [-0.4, -0.2) is 10.7 Å². The first-order valence-electron chi connectivity index (χ1n) is 11.1. The summed E-state index contributed by atoms with van der Waals surface area (Å²) in [6.07, 6.45) is 13.1. The summed E-state index contributed by atoms with van der Waals surface area (Å²) in [4.78, 5) is 0. The summed E-state index contributed by atoms with van der Waals surface area (Å²) >= 11 is 0. The highest BCUT2D eigenvalue weighted by atomic mass is 16.3. The lowest BCUT2D eigenvalue weighted by molar-refractivity contribution is -0.0962. The van der Waals surface area contributed by atoms with Gasteiger partial charge in [-0.15, -0.1) is 0 Å². The number of fused-ring (bicyclic) bond motifs is 5. The topological polar surface area (TPSA) is 20.2 Å². The average molecular weight is 345 g/mol. The van der Waals surface area contributed by atoms with Crippen molar-refractivity contribution >= 4 is 0 Å². The maximum atomic E-state index is 10.7. The molecule has 0 aliphatic heterocycles.